The summed E-state index contributed by atoms with van der Waals surface area (Å²) in [6, 6.07) is 9.39. The van der Waals surface area contributed by atoms with Crippen molar-refractivity contribution in [1.29, 1.82) is 10.5 Å². The lowest BCUT2D eigenvalue weighted by Crippen LogP contribution is -2.41. The smallest absolute Gasteiger partial charge is 0.161 e. The van der Waals surface area contributed by atoms with Gasteiger partial charge in [-0.1, -0.05) is 11.6 Å². The zero-order valence-corrected chi connectivity index (χ0v) is 9.81. The van der Waals surface area contributed by atoms with Gasteiger partial charge < -0.3 is 9.64 Å². The summed E-state index contributed by atoms with van der Waals surface area (Å²) in [5, 5.41) is 18.0. The Morgan fingerprint density at radius 1 is 1.41 bits per heavy atom. The second kappa shape index (κ2) is 5.05. The Kier molecular flexibility index (Phi) is 3.49. The monoisotopic (exact) mass is 247 g/mol. The van der Waals surface area contributed by atoms with Crippen LogP contribution in [0.15, 0.2) is 18.2 Å². The summed E-state index contributed by atoms with van der Waals surface area (Å²) in [6.45, 7) is 1.77. The summed E-state index contributed by atoms with van der Waals surface area (Å²) in [4.78, 5) is 2.03. The van der Waals surface area contributed by atoms with Gasteiger partial charge in [-0.3, -0.25) is 0 Å². The molecule has 86 valence electrons. The van der Waals surface area contributed by atoms with Gasteiger partial charge in [-0.2, -0.15) is 10.5 Å². The van der Waals surface area contributed by atoms with Crippen LogP contribution in [-0.4, -0.2) is 25.8 Å². The maximum absolute atomic E-state index is 8.82. The Bertz CT molecular complexity index is 503. The molecule has 1 aromatic rings. The molecule has 0 amide bonds. The third-order valence-electron chi connectivity index (χ3n) is 2.65. The Labute approximate surface area is 105 Å². The van der Waals surface area contributed by atoms with E-state index in [0.717, 1.165) is 12.2 Å². The molecule has 1 aromatic carbocycles. The van der Waals surface area contributed by atoms with E-state index in [-0.39, 0.29) is 0 Å². The molecule has 0 radical (unpaired) electrons. The topological polar surface area (TPSA) is 60.1 Å². The fraction of sp³-hybridized carbons (Fsp3) is 0.333. The third kappa shape index (κ3) is 2.50. The number of anilines is 1. The number of hydrogen-bond donors (Lipinski definition) is 0. The summed E-state index contributed by atoms with van der Waals surface area (Å²) in [5.41, 5.74) is 1.37. The second-order valence-electron chi connectivity index (χ2n) is 3.71. The second-order valence-corrected chi connectivity index (χ2v) is 4.12. The van der Waals surface area contributed by atoms with Gasteiger partial charge >= 0.3 is 0 Å². The molecule has 0 N–H and O–H groups in total. The molecule has 0 spiro atoms. The van der Waals surface area contributed by atoms with Crippen molar-refractivity contribution in [3.63, 3.8) is 0 Å². The SMILES string of the molecule is N#Cc1ccc(N2CCOC(C#N)C2)cc1Cl. The predicted molar refractivity (Wildman–Crippen MR) is 63.7 cm³/mol. The van der Waals surface area contributed by atoms with Crippen LogP contribution in [-0.2, 0) is 4.74 Å². The van der Waals surface area contributed by atoms with E-state index in [1.54, 1.807) is 12.1 Å². The number of morpholine rings is 1. The predicted octanol–water partition coefficient (Wildman–Crippen LogP) is 1.94. The van der Waals surface area contributed by atoms with Crippen molar-refractivity contribution >= 4 is 17.3 Å². The van der Waals surface area contributed by atoms with Gasteiger partial charge in [0.2, 0.25) is 0 Å². The largest absolute Gasteiger partial charge is 0.365 e. The van der Waals surface area contributed by atoms with Gasteiger partial charge in [0, 0.05) is 12.2 Å². The molecule has 4 nitrogen and oxygen atoms in total. The van der Waals surface area contributed by atoms with E-state index in [9.17, 15) is 0 Å². The van der Waals surface area contributed by atoms with Gasteiger partial charge in [0.05, 0.1) is 29.8 Å². The normalized spacial score (nSPS) is 19.5. The molecular formula is C12H10ClN3O. The first-order valence-corrected chi connectivity index (χ1v) is 5.58. The van der Waals surface area contributed by atoms with E-state index in [1.807, 2.05) is 17.0 Å². The summed E-state index contributed by atoms with van der Waals surface area (Å²) < 4.78 is 5.27. The van der Waals surface area contributed by atoms with Crippen LogP contribution in [0.4, 0.5) is 5.69 Å². The van der Waals surface area contributed by atoms with Crippen LogP contribution in [0.25, 0.3) is 0 Å². The molecule has 1 aliphatic heterocycles. The molecule has 5 heteroatoms. The molecule has 17 heavy (non-hydrogen) atoms. The molecule has 1 aliphatic rings. The molecule has 0 aliphatic carbocycles. The quantitative estimate of drug-likeness (QED) is 0.761. The van der Waals surface area contributed by atoms with Crippen LogP contribution < -0.4 is 4.90 Å². The first-order valence-electron chi connectivity index (χ1n) is 5.20. The molecule has 0 aromatic heterocycles. The highest BCUT2D eigenvalue weighted by molar-refractivity contribution is 6.32. The van der Waals surface area contributed by atoms with Crippen molar-refractivity contribution in [3.05, 3.63) is 28.8 Å². The standard InChI is InChI=1S/C12H10ClN3O/c13-12-5-10(2-1-9(12)6-14)16-3-4-17-11(7-15)8-16/h1-2,5,11H,3-4,8H2. The number of rotatable bonds is 1. The molecule has 1 fully saturated rings. The van der Waals surface area contributed by atoms with Crippen molar-refractivity contribution < 1.29 is 4.74 Å². The fourth-order valence-electron chi connectivity index (χ4n) is 1.75. The van der Waals surface area contributed by atoms with E-state index in [2.05, 4.69) is 6.07 Å². The maximum Gasteiger partial charge on any atom is 0.161 e. The molecule has 1 atom stereocenters. The van der Waals surface area contributed by atoms with Gasteiger partial charge in [-0.15, -0.1) is 0 Å². The zero-order chi connectivity index (χ0) is 12.3. The summed E-state index contributed by atoms with van der Waals surface area (Å²) in [7, 11) is 0. The number of hydrogen-bond acceptors (Lipinski definition) is 4. The molecule has 0 bridgehead atoms. The number of ether oxygens (including phenoxy) is 1. The Balaban J connectivity index is 2.21. The van der Waals surface area contributed by atoms with E-state index in [4.69, 9.17) is 26.9 Å². The van der Waals surface area contributed by atoms with Crippen LogP contribution in [0.3, 0.4) is 0 Å². The van der Waals surface area contributed by atoms with Crippen LogP contribution in [0, 0.1) is 22.7 Å². The lowest BCUT2D eigenvalue weighted by atomic mass is 10.2. The highest BCUT2D eigenvalue weighted by atomic mass is 35.5. The first kappa shape index (κ1) is 11.7. The number of nitriles is 2. The molecule has 2 rings (SSSR count). The van der Waals surface area contributed by atoms with Gasteiger partial charge in [0.1, 0.15) is 6.07 Å². The van der Waals surface area contributed by atoms with Gasteiger partial charge in [-0.25, -0.2) is 0 Å². The molecule has 1 unspecified atom stereocenters. The van der Waals surface area contributed by atoms with E-state index in [0.29, 0.717) is 23.7 Å². The first-order chi connectivity index (χ1) is 8.24. The van der Waals surface area contributed by atoms with E-state index >= 15 is 0 Å². The highest BCUT2D eigenvalue weighted by Gasteiger charge is 2.20. The fourth-order valence-corrected chi connectivity index (χ4v) is 1.97. The molecular weight excluding hydrogens is 238 g/mol. The van der Waals surface area contributed by atoms with Crippen molar-refractivity contribution in [2.24, 2.45) is 0 Å². The van der Waals surface area contributed by atoms with E-state index < -0.39 is 6.10 Å². The minimum Gasteiger partial charge on any atom is -0.365 e. The van der Waals surface area contributed by atoms with Crippen molar-refractivity contribution in [3.8, 4) is 12.1 Å². The van der Waals surface area contributed by atoms with Gasteiger partial charge in [0.25, 0.3) is 0 Å². The third-order valence-corrected chi connectivity index (χ3v) is 2.96. The zero-order valence-electron chi connectivity index (χ0n) is 9.06. The number of benzene rings is 1. The lowest BCUT2D eigenvalue weighted by molar-refractivity contribution is 0.0764. The summed E-state index contributed by atoms with van der Waals surface area (Å²) in [6.07, 6.45) is -0.404. The molecule has 0 saturated carbocycles. The van der Waals surface area contributed by atoms with Gasteiger partial charge in [0.15, 0.2) is 6.10 Å². The van der Waals surface area contributed by atoms with Crippen LogP contribution in [0.2, 0.25) is 5.02 Å². The highest BCUT2D eigenvalue weighted by Crippen LogP contribution is 2.24. The minimum absolute atomic E-state index is 0.404. The van der Waals surface area contributed by atoms with Gasteiger partial charge in [-0.05, 0) is 18.2 Å². The Morgan fingerprint density at radius 3 is 2.88 bits per heavy atom. The van der Waals surface area contributed by atoms with Crippen molar-refractivity contribution in [1.82, 2.24) is 0 Å². The van der Waals surface area contributed by atoms with Crippen LogP contribution in [0.1, 0.15) is 5.56 Å². The summed E-state index contributed by atoms with van der Waals surface area (Å²) in [5.74, 6) is 0. The molecule has 1 saturated heterocycles. The van der Waals surface area contributed by atoms with Crippen LogP contribution in [0.5, 0.6) is 0 Å². The van der Waals surface area contributed by atoms with E-state index in [1.165, 1.54) is 0 Å². The Hall–Kier alpha value is -1.75. The van der Waals surface area contributed by atoms with Crippen molar-refractivity contribution in [2.75, 3.05) is 24.6 Å². The average Bonchev–Trinajstić information content (AvgIpc) is 2.38. The Morgan fingerprint density at radius 2 is 2.24 bits per heavy atom. The summed E-state index contributed by atoms with van der Waals surface area (Å²) >= 11 is 5.97. The average molecular weight is 248 g/mol. The molecule has 1 heterocycles. The number of halogens is 1. The van der Waals surface area contributed by atoms with Crippen molar-refractivity contribution in [2.45, 2.75) is 6.10 Å². The minimum atomic E-state index is -0.404. The van der Waals surface area contributed by atoms with Crippen LogP contribution >= 0.6 is 11.6 Å². The lowest BCUT2D eigenvalue weighted by Gasteiger charge is -2.31. The number of nitrogens with zero attached hydrogens (tertiary/aromatic N) is 3. The maximum atomic E-state index is 8.82.